The van der Waals surface area contributed by atoms with Crippen LogP contribution in [0.3, 0.4) is 0 Å². The molecule has 0 aliphatic rings. The molecular weight excluding hydrogens is 242 g/mol. The normalized spacial score (nSPS) is 10.9. The zero-order chi connectivity index (χ0) is 11.4. The van der Waals surface area contributed by atoms with Crippen LogP contribution in [-0.4, -0.2) is 14.8 Å². The molecular formula is C11H14ClN3S. The molecule has 5 heteroatoms. The molecule has 0 saturated heterocycles. The van der Waals surface area contributed by atoms with E-state index in [1.807, 2.05) is 4.57 Å². The highest BCUT2D eigenvalue weighted by atomic mass is 35.5. The second-order valence-electron chi connectivity index (χ2n) is 3.67. The summed E-state index contributed by atoms with van der Waals surface area (Å²) in [6, 6.07) is 2.14. The van der Waals surface area contributed by atoms with Crippen LogP contribution >= 0.6 is 22.9 Å². The first kappa shape index (κ1) is 11.6. The Balaban J connectivity index is 2.05. The highest BCUT2D eigenvalue weighted by Crippen LogP contribution is 2.13. The van der Waals surface area contributed by atoms with Gasteiger partial charge in [-0.15, -0.1) is 10.2 Å². The van der Waals surface area contributed by atoms with Crippen molar-refractivity contribution >= 4 is 22.9 Å². The molecule has 2 rings (SSSR count). The second-order valence-corrected chi connectivity index (χ2v) is 4.79. The van der Waals surface area contributed by atoms with Crippen LogP contribution in [0, 0.1) is 0 Å². The maximum Gasteiger partial charge on any atom is 0.225 e. The molecule has 0 unspecified atom stereocenters. The Labute approximate surface area is 104 Å². The molecule has 0 saturated carbocycles. The zero-order valence-corrected chi connectivity index (χ0v) is 10.8. The van der Waals surface area contributed by atoms with Crippen LogP contribution in [-0.2, 0) is 19.4 Å². The van der Waals surface area contributed by atoms with E-state index >= 15 is 0 Å². The van der Waals surface area contributed by atoms with E-state index < -0.39 is 0 Å². The smallest absolute Gasteiger partial charge is 0.225 e. The summed E-state index contributed by atoms with van der Waals surface area (Å²) in [5, 5.41) is 12.8. The number of rotatable bonds is 5. The average molecular weight is 256 g/mol. The number of hydrogen-bond donors (Lipinski definition) is 0. The van der Waals surface area contributed by atoms with E-state index in [1.54, 1.807) is 11.3 Å². The Morgan fingerprint density at radius 2 is 2.25 bits per heavy atom. The van der Waals surface area contributed by atoms with Gasteiger partial charge in [0.2, 0.25) is 5.28 Å². The summed E-state index contributed by atoms with van der Waals surface area (Å²) in [5.74, 6) is 0.989. The van der Waals surface area contributed by atoms with Crippen molar-refractivity contribution < 1.29 is 0 Å². The van der Waals surface area contributed by atoms with E-state index in [0.29, 0.717) is 5.28 Å². The lowest BCUT2D eigenvalue weighted by Crippen LogP contribution is -2.06. The van der Waals surface area contributed by atoms with Crippen LogP contribution in [0.4, 0.5) is 0 Å². The van der Waals surface area contributed by atoms with Crippen LogP contribution in [0.5, 0.6) is 0 Å². The highest BCUT2D eigenvalue weighted by Gasteiger charge is 2.09. The molecule has 0 aliphatic heterocycles. The minimum absolute atomic E-state index is 0.499. The first-order chi connectivity index (χ1) is 7.81. The lowest BCUT2D eigenvalue weighted by Gasteiger charge is -2.05. The first-order valence-electron chi connectivity index (χ1n) is 5.40. The molecule has 0 aliphatic carbocycles. The predicted molar refractivity (Wildman–Crippen MR) is 67.1 cm³/mol. The maximum absolute atomic E-state index is 6.01. The number of aromatic nitrogens is 3. The lowest BCUT2D eigenvalue weighted by atomic mass is 10.2. The molecule has 86 valence electrons. The molecule has 16 heavy (non-hydrogen) atoms. The van der Waals surface area contributed by atoms with Gasteiger partial charge < -0.3 is 4.57 Å². The molecule has 0 bridgehead atoms. The van der Waals surface area contributed by atoms with Crippen molar-refractivity contribution in [3.8, 4) is 0 Å². The van der Waals surface area contributed by atoms with Crippen molar-refractivity contribution in [1.29, 1.82) is 0 Å². The highest BCUT2D eigenvalue weighted by molar-refractivity contribution is 7.07. The first-order valence-corrected chi connectivity index (χ1v) is 6.72. The largest absolute Gasteiger partial charge is 0.301 e. The molecule has 0 N–H and O–H groups in total. The van der Waals surface area contributed by atoms with Crippen molar-refractivity contribution in [3.63, 3.8) is 0 Å². The molecule has 0 fully saturated rings. The molecule has 0 spiro atoms. The fourth-order valence-corrected chi connectivity index (χ4v) is 2.54. The fraction of sp³-hybridized carbons (Fsp3) is 0.455. The minimum atomic E-state index is 0.499. The van der Waals surface area contributed by atoms with Crippen molar-refractivity contribution in [2.24, 2.45) is 0 Å². The third-order valence-electron chi connectivity index (χ3n) is 2.46. The Morgan fingerprint density at radius 1 is 1.38 bits per heavy atom. The fourth-order valence-electron chi connectivity index (χ4n) is 1.62. The third kappa shape index (κ3) is 2.62. The molecule has 2 heterocycles. The van der Waals surface area contributed by atoms with Gasteiger partial charge in [-0.2, -0.15) is 11.3 Å². The molecule has 0 atom stereocenters. The van der Waals surface area contributed by atoms with Crippen LogP contribution in [0.1, 0.15) is 24.7 Å². The van der Waals surface area contributed by atoms with Gasteiger partial charge in [0, 0.05) is 13.0 Å². The Morgan fingerprint density at radius 3 is 2.94 bits per heavy atom. The van der Waals surface area contributed by atoms with Crippen LogP contribution in [0.15, 0.2) is 16.8 Å². The third-order valence-corrected chi connectivity index (χ3v) is 3.47. The van der Waals surface area contributed by atoms with E-state index in [9.17, 15) is 0 Å². The van der Waals surface area contributed by atoms with Crippen molar-refractivity contribution in [3.05, 3.63) is 33.5 Å². The number of nitrogens with zero attached hydrogens (tertiary/aromatic N) is 3. The number of hydrogen-bond acceptors (Lipinski definition) is 3. The van der Waals surface area contributed by atoms with Crippen molar-refractivity contribution in [2.45, 2.75) is 32.7 Å². The van der Waals surface area contributed by atoms with Crippen molar-refractivity contribution in [2.75, 3.05) is 0 Å². The van der Waals surface area contributed by atoms with E-state index in [1.165, 1.54) is 5.56 Å². The van der Waals surface area contributed by atoms with E-state index in [2.05, 4.69) is 33.9 Å². The quantitative estimate of drug-likeness (QED) is 0.822. The van der Waals surface area contributed by atoms with Gasteiger partial charge in [0.15, 0.2) is 0 Å². The zero-order valence-electron chi connectivity index (χ0n) is 9.19. The average Bonchev–Trinajstić information content (AvgIpc) is 2.88. The summed E-state index contributed by atoms with van der Waals surface area (Å²) in [4.78, 5) is 0. The van der Waals surface area contributed by atoms with Gasteiger partial charge >= 0.3 is 0 Å². The predicted octanol–water partition coefficient (Wildman–Crippen LogP) is 3.19. The summed E-state index contributed by atoms with van der Waals surface area (Å²) in [6.07, 6.45) is 2.98. The van der Waals surface area contributed by atoms with Gasteiger partial charge in [0.05, 0.1) is 0 Å². The van der Waals surface area contributed by atoms with Gasteiger partial charge in [-0.05, 0) is 46.8 Å². The second kappa shape index (κ2) is 5.46. The molecule has 2 aromatic heterocycles. The van der Waals surface area contributed by atoms with Crippen LogP contribution in [0.25, 0.3) is 0 Å². The summed E-state index contributed by atoms with van der Waals surface area (Å²) in [7, 11) is 0. The summed E-state index contributed by atoms with van der Waals surface area (Å²) in [5.41, 5.74) is 1.34. The van der Waals surface area contributed by atoms with Gasteiger partial charge in [0.1, 0.15) is 5.82 Å². The number of halogens is 1. The van der Waals surface area contributed by atoms with Crippen LogP contribution in [0.2, 0.25) is 5.28 Å². The summed E-state index contributed by atoms with van der Waals surface area (Å²) < 4.78 is 2.00. The monoisotopic (exact) mass is 255 g/mol. The number of aryl methyl sites for hydroxylation is 2. The Kier molecular flexibility index (Phi) is 3.96. The molecule has 3 nitrogen and oxygen atoms in total. The van der Waals surface area contributed by atoms with E-state index in [-0.39, 0.29) is 0 Å². The summed E-state index contributed by atoms with van der Waals surface area (Å²) >= 11 is 7.73. The minimum Gasteiger partial charge on any atom is -0.301 e. The van der Waals surface area contributed by atoms with E-state index in [0.717, 1.165) is 31.6 Å². The van der Waals surface area contributed by atoms with Crippen LogP contribution < -0.4 is 0 Å². The lowest BCUT2D eigenvalue weighted by molar-refractivity contribution is 0.644. The standard InChI is InChI=1S/C11H14ClN3S/c1-2-3-10-13-14-11(12)15(10)6-4-9-5-7-16-8-9/h5,7-8H,2-4,6H2,1H3. The molecule has 0 radical (unpaired) electrons. The Hall–Kier alpha value is -0.870. The van der Waals surface area contributed by atoms with E-state index in [4.69, 9.17) is 11.6 Å². The van der Waals surface area contributed by atoms with Gasteiger partial charge in [-0.1, -0.05) is 6.92 Å². The maximum atomic E-state index is 6.01. The SMILES string of the molecule is CCCc1nnc(Cl)n1CCc1ccsc1. The van der Waals surface area contributed by atoms with Gasteiger partial charge in [-0.25, -0.2) is 0 Å². The Bertz CT molecular complexity index is 436. The number of thiophene rings is 1. The molecule has 2 aromatic rings. The molecule has 0 aromatic carbocycles. The topological polar surface area (TPSA) is 30.7 Å². The van der Waals surface area contributed by atoms with Gasteiger partial charge in [-0.3, -0.25) is 0 Å². The molecule has 0 amide bonds. The summed E-state index contributed by atoms with van der Waals surface area (Å²) in [6.45, 7) is 2.99. The van der Waals surface area contributed by atoms with Gasteiger partial charge in [0.25, 0.3) is 0 Å². The van der Waals surface area contributed by atoms with Crippen molar-refractivity contribution in [1.82, 2.24) is 14.8 Å².